The number of pyridine rings is 1. The van der Waals surface area contributed by atoms with Gasteiger partial charge in [0.25, 0.3) is 5.89 Å². The maximum absolute atomic E-state index is 11.3. The van der Waals surface area contributed by atoms with Gasteiger partial charge in [0, 0.05) is 23.4 Å². The zero-order chi connectivity index (χ0) is 14.3. The summed E-state index contributed by atoms with van der Waals surface area (Å²) in [6, 6.07) is 5.50. The van der Waals surface area contributed by atoms with Crippen molar-refractivity contribution >= 4 is 15.9 Å². The van der Waals surface area contributed by atoms with E-state index in [2.05, 4.69) is 31.1 Å². The topological polar surface area (TPSA) is 78.7 Å². The van der Waals surface area contributed by atoms with E-state index in [1.54, 1.807) is 16.9 Å². The van der Waals surface area contributed by atoms with Crippen LogP contribution in [0.4, 0.5) is 0 Å². The molecule has 0 N–H and O–H groups in total. The first kappa shape index (κ1) is 12.8. The fraction of sp³-hybridized carbons (Fsp3) is 0.167. The summed E-state index contributed by atoms with van der Waals surface area (Å²) in [6.07, 6.45) is 1.69. The molecule has 0 amide bonds. The number of halogens is 1. The smallest absolute Gasteiger partial charge is 0.386 e. The van der Waals surface area contributed by atoms with Gasteiger partial charge >= 0.3 is 5.76 Å². The summed E-state index contributed by atoms with van der Waals surface area (Å²) in [4.78, 5) is 15.6. The molecule has 3 rings (SSSR count). The van der Waals surface area contributed by atoms with Gasteiger partial charge in [-0.15, -0.1) is 5.10 Å². The van der Waals surface area contributed by atoms with Crippen LogP contribution in [0, 0.1) is 6.92 Å². The molecule has 3 heterocycles. The summed E-state index contributed by atoms with van der Waals surface area (Å²) in [5, 5.41) is 8.34. The van der Waals surface area contributed by atoms with Gasteiger partial charge in [-0.3, -0.25) is 0 Å². The van der Waals surface area contributed by atoms with Crippen molar-refractivity contribution < 1.29 is 4.42 Å². The monoisotopic (exact) mass is 335 g/mol. The van der Waals surface area contributed by atoms with Gasteiger partial charge in [-0.1, -0.05) is 0 Å². The lowest BCUT2D eigenvalue weighted by molar-refractivity contribution is 0.503. The third-order valence-corrected chi connectivity index (χ3v) is 3.19. The maximum Gasteiger partial charge on any atom is 0.437 e. The molecule has 0 aliphatic heterocycles. The Hall–Kier alpha value is -2.22. The molecular weight excluding hydrogens is 326 g/mol. The summed E-state index contributed by atoms with van der Waals surface area (Å²) in [7, 11) is 1.52. The second-order valence-corrected chi connectivity index (χ2v) is 5.13. The molecule has 102 valence electrons. The zero-order valence-electron chi connectivity index (χ0n) is 10.7. The van der Waals surface area contributed by atoms with Crippen LogP contribution in [0.3, 0.4) is 0 Å². The first-order valence-electron chi connectivity index (χ1n) is 5.78. The number of aromatic nitrogens is 5. The SMILES string of the molecule is Cc1cc(-c2nn(C)c(=O)o2)nn1-c1ccc(Br)cn1. The van der Waals surface area contributed by atoms with Crippen molar-refractivity contribution in [1.82, 2.24) is 24.5 Å². The predicted octanol–water partition coefficient (Wildman–Crippen LogP) is 1.69. The van der Waals surface area contributed by atoms with E-state index in [1.807, 2.05) is 19.1 Å². The van der Waals surface area contributed by atoms with Gasteiger partial charge in [0.2, 0.25) is 0 Å². The zero-order valence-corrected chi connectivity index (χ0v) is 12.3. The molecule has 0 saturated carbocycles. The van der Waals surface area contributed by atoms with Gasteiger partial charge in [-0.2, -0.15) is 9.78 Å². The van der Waals surface area contributed by atoms with Gasteiger partial charge in [-0.05, 0) is 41.1 Å². The van der Waals surface area contributed by atoms with Gasteiger partial charge in [-0.25, -0.2) is 14.5 Å². The van der Waals surface area contributed by atoms with Crippen LogP contribution in [0.25, 0.3) is 17.4 Å². The van der Waals surface area contributed by atoms with Crippen LogP contribution in [0.15, 0.2) is 38.1 Å². The standard InChI is InChI=1S/C12H10BrN5O2/c1-7-5-9(11-16-17(2)12(19)20-11)15-18(7)10-4-3-8(13)6-14-10/h3-6H,1-2H3. The Bertz CT molecular complexity index is 815. The fourth-order valence-electron chi connectivity index (χ4n) is 1.75. The minimum atomic E-state index is -0.519. The average molecular weight is 336 g/mol. The highest BCUT2D eigenvalue weighted by Crippen LogP contribution is 2.18. The van der Waals surface area contributed by atoms with Crippen LogP contribution in [0.5, 0.6) is 0 Å². The Kier molecular flexibility index (Phi) is 3.01. The molecule has 0 radical (unpaired) electrons. The number of hydrogen-bond donors (Lipinski definition) is 0. The molecule has 0 saturated heterocycles. The van der Waals surface area contributed by atoms with E-state index < -0.39 is 5.76 Å². The Morgan fingerprint density at radius 1 is 1.30 bits per heavy atom. The number of nitrogens with zero attached hydrogens (tertiary/aromatic N) is 5. The molecule has 7 nitrogen and oxygen atoms in total. The molecule has 3 aromatic heterocycles. The van der Waals surface area contributed by atoms with Crippen LogP contribution in [-0.4, -0.2) is 24.5 Å². The minimum Gasteiger partial charge on any atom is -0.386 e. The molecule has 0 fully saturated rings. The first-order chi connectivity index (χ1) is 9.54. The van der Waals surface area contributed by atoms with E-state index in [0.29, 0.717) is 11.5 Å². The quantitative estimate of drug-likeness (QED) is 0.712. The fourth-order valence-corrected chi connectivity index (χ4v) is 1.99. The van der Waals surface area contributed by atoms with Gasteiger partial charge < -0.3 is 4.42 Å². The lowest BCUT2D eigenvalue weighted by Gasteiger charge is -2.02. The largest absolute Gasteiger partial charge is 0.437 e. The van der Waals surface area contributed by atoms with E-state index in [9.17, 15) is 4.79 Å². The molecule has 0 aromatic carbocycles. The molecule has 0 atom stereocenters. The van der Waals surface area contributed by atoms with Crippen molar-refractivity contribution in [3.05, 3.63) is 45.1 Å². The number of hydrogen-bond acceptors (Lipinski definition) is 5. The maximum atomic E-state index is 11.3. The molecule has 0 aliphatic rings. The molecule has 0 aliphatic carbocycles. The predicted molar refractivity (Wildman–Crippen MR) is 74.5 cm³/mol. The summed E-state index contributed by atoms with van der Waals surface area (Å²) < 4.78 is 8.70. The Labute approximate surface area is 122 Å². The molecule has 8 heteroatoms. The highest BCUT2D eigenvalue weighted by molar-refractivity contribution is 9.10. The minimum absolute atomic E-state index is 0.191. The van der Waals surface area contributed by atoms with E-state index in [-0.39, 0.29) is 5.89 Å². The summed E-state index contributed by atoms with van der Waals surface area (Å²) in [5.41, 5.74) is 1.35. The molecule has 0 unspecified atom stereocenters. The van der Waals surface area contributed by atoms with Gasteiger partial charge in [0.1, 0.15) is 5.69 Å². The Balaban J connectivity index is 2.07. The highest BCUT2D eigenvalue weighted by Gasteiger charge is 2.14. The molecule has 0 spiro atoms. The normalized spacial score (nSPS) is 10.9. The van der Waals surface area contributed by atoms with Crippen LogP contribution in [0.2, 0.25) is 0 Å². The van der Waals surface area contributed by atoms with E-state index >= 15 is 0 Å². The first-order valence-corrected chi connectivity index (χ1v) is 6.57. The van der Waals surface area contributed by atoms with Crippen molar-refractivity contribution in [3.8, 4) is 17.4 Å². The third-order valence-electron chi connectivity index (χ3n) is 2.72. The molecule has 20 heavy (non-hydrogen) atoms. The highest BCUT2D eigenvalue weighted by atomic mass is 79.9. The average Bonchev–Trinajstić information content (AvgIpc) is 2.95. The van der Waals surface area contributed by atoms with Gasteiger partial charge in [0.15, 0.2) is 5.82 Å². The van der Waals surface area contributed by atoms with E-state index in [1.165, 1.54) is 7.05 Å². The Morgan fingerprint density at radius 2 is 2.10 bits per heavy atom. The number of rotatable bonds is 2. The molecule has 3 aromatic rings. The van der Waals surface area contributed by atoms with Crippen molar-refractivity contribution in [3.63, 3.8) is 0 Å². The summed E-state index contributed by atoms with van der Waals surface area (Å²) in [5.74, 6) is 0.348. The Morgan fingerprint density at radius 3 is 2.70 bits per heavy atom. The second kappa shape index (κ2) is 4.71. The van der Waals surface area contributed by atoms with E-state index in [0.717, 1.165) is 14.8 Å². The van der Waals surface area contributed by atoms with Crippen LogP contribution in [0.1, 0.15) is 5.69 Å². The number of aryl methyl sites for hydroxylation is 2. The summed E-state index contributed by atoms with van der Waals surface area (Å²) in [6.45, 7) is 1.89. The second-order valence-electron chi connectivity index (χ2n) is 4.21. The van der Waals surface area contributed by atoms with E-state index in [4.69, 9.17) is 4.42 Å². The van der Waals surface area contributed by atoms with Crippen molar-refractivity contribution in [2.75, 3.05) is 0 Å². The molecular formula is C12H10BrN5O2. The third kappa shape index (κ3) is 2.18. The molecule has 0 bridgehead atoms. The van der Waals surface area contributed by atoms with Crippen molar-refractivity contribution in [2.24, 2.45) is 7.05 Å². The van der Waals surface area contributed by atoms with Crippen LogP contribution >= 0.6 is 15.9 Å². The van der Waals surface area contributed by atoms with Gasteiger partial charge in [0.05, 0.1) is 0 Å². The lowest BCUT2D eigenvalue weighted by Crippen LogP contribution is -2.09. The van der Waals surface area contributed by atoms with Crippen LogP contribution in [-0.2, 0) is 7.05 Å². The van der Waals surface area contributed by atoms with Crippen molar-refractivity contribution in [1.29, 1.82) is 0 Å². The van der Waals surface area contributed by atoms with Crippen LogP contribution < -0.4 is 5.76 Å². The lowest BCUT2D eigenvalue weighted by atomic mass is 10.4. The summed E-state index contributed by atoms with van der Waals surface area (Å²) >= 11 is 3.33. The van der Waals surface area contributed by atoms with Crippen molar-refractivity contribution in [2.45, 2.75) is 6.92 Å².